The lowest BCUT2D eigenvalue weighted by atomic mass is 10.3. The van der Waals surface area contributed by atoms with Crippen LogP contribution < -0.4 is 10.5 Å². The van der Waals surface area contributed by atoms with Crippen LogP contribution in [0.25, 0.3) is 0 Å². The van der Waals surface area contributed by atoms with Gasteiger partial charge < -0.3 is 10.5 Å². The summed E-state index contributed by atoms with van der Waals surface area (Å²) in [6.07, 6.45) is -1.78. The molecule has 3 nitrogen and oxygen atoms in total. The summed E-state index contributed by atoms with van der Waals surface area (Å²) in [7, 11) is 0. The monoisotopic (exact) mass is 274 g/mol. The minimum absolute atomic E-state index is 0.275. The van der Waals surface area contributed by atoms with Gasteiger partial charge in [-0.15, -0.1) is 13.2 Å². The number of aliphatic imine (C=N–C) groups is 1. The molecule has 6 heteroatoms. The van der Waals surface area contributed by atoms with Crippen LogP contribution in [-0.2, 0) is 0 Å². The highest BCUT2D eigenvalue weighted by atomic mass is 19.4. The maximum Gasteiger partial charge on any atom is 0.573 e. The van der Waals surface area contributed by atoms with E-state index in [-0.39, 0.29) is 5.75 Å². The highest BCUT2D eigenvalue weighted by Crippen LogP contribution is 2.24. The molecular weight excluding hydrogens is 257 g/mol. The van der Waals surface area contributed by atoms with Crippen LogP contribution in [0, 0.1) is 0 Å². The highest BCUT2D eigenvalue weighted by molar-refractivity contribution is 5.80. The Morgan fingerprint density at radius 1 is 1.21 bits per heavy atom. The summed E-state index contributed by atoms with van der Waals surface area (Å²) in [6.45, 7) is 5.75. The number of benzene rings is 1. The lowest BCUT2D eigenvalue weighted by molar-refractivity contribution is -0.274. The van der Waals surface area contributed by atoms with Gasteiger partial charge >= 0.3 is 6.36 Å². The fourth-order valence-electron chi connectivity index (χ4n) is 0.953. The summed E-state index contributed by atoms with van der Waals surface area (Å²) >= 11 is 0. The number of nitrogens with zero attached hydrogens (tertiary/aromatic N) is 1. The molecule has 1 aromatic carbocycles. The van der Waals surface area contributed by atoms with E-state index < -0.39 is 6.36 Å². The van der Waals surface area contributed by atoms with Gasteiger partial charge in [-0.2, -0.15) is 0 Å². The van der Waals surface area contributed by atoms with E-state index in [1.807, 2.05) is 13.8 Å². The molecule has 0 amide bonds. The zero-order valence-electron chi connectivity index (χ0n) is 11.0. The van der Waals surface area contributed by atoms with E-state index in [1.54, 1.807) is 6.92 Å². The molecule has 19 heavy (non-hydrogen) atoms. The van der Waals surface area contributed by atoms with Crippen LogP contribution >= 0.6 is 0 Å². The molecule has 0 radical (unpaired) electrons. The van der Waals surface area contributed by atoms with Crippen molar-refractivity contribution in [1.82, 2.24) is 0 Å². The molecule has 0 aliphatic heterocycles. The van der Waals surface area contributed by atoms with Gasteiger partial charge in [-0.05, 0) is 43.0 Å². The first-order valence-corrected chi connectivity index (χ1v) is 5.69. The van der Waals surface area contributed by atoms with Crippen LogP contribution in [0.5, 0.6) is 5.75 Å². The molecule has 0 bridgehead atoms. The molecule has 1 rings (SSSR count). The Kier molecular flexibility index (Phi) is 7.33. The average Bonchev–Trinajstić information content (AvgIpc) is 2.38. The minimum Gasteiger partial charge on any atom is -0.406 e. The fourth-order valence-corrected chi connectivity index (χ4v) is 0.953. The first-order chi connectivity index (χ1) is 8.90. The van der Waals surface area contributed by atoms with E-state index in [2.05, 4.69) is 9.73 Å². The van der Waals surface area contributed by atoms with E-state index in [4.69, 9.17) is 5.73 Å². The van der Waals surface area contributed by atoms with E-state index in [0.717, 1.165) is 5.57 Å². The number of hydrogen-bond acceptors (Lipinski definition) is 3. The number of hydrogen-bond donors (Lipinski definition) is 1. The largest absolute Gasteiger partial charge is 0.573 e. The zero-order valence-corrected chi connectivity index (χ0v) is 11.0. The topological polar surface area (TPSA) is 47.6 Å². The third-order valence-corrected chi connectivity index (χ3v) is 1.75. The van der Waals surface area contributed by atoms with Crippen LogP contribution in [0.3, 0.4) is 0 Å². The summed E-state index contributed by atoms with van der Waals surface area (Å²) in [4.78, 5) is 4.00. The van der Waals surface area contributed by atoms with Gasteiger partial charge in [-0.1, -0.05) is 13.8 Å². The molecule has 0 atom stereocenters. The molecule has 0 fully saturated rings. The number of alkyl halides is 3. The second kappa shape index (κ2) is 8.18. The molecule has 1 aromatic rings. The molecule has 0 saturated heterocycles. The minimum atomic E-state index is -4.68. The van der Waals surface area contributed by atoms with Gasteiger partial charge in [0.2, 0.25) is 0 Å². The van der Waals surface area contributed by atoms with Crippen molar-refractivity contribution < 1.29 is 17.9 Å². The second-order valence-corrected chi connectivity index (χ2v) is 3.21. The Morgan fingerprint density at radius 3 is 2.16 bits per heavy atom. The maximum atomic E-state index is 11.9. The van der Waals surface area contributed by atoms with Crippen molar-refractivity contribution in [3.8, 4) is 5.75 Å². The molecule has 2 N–H and O–H groups in total. The van der Waals surface area contributed by atoms with Gasteiger partial charge in [0.25, 0.3) is 0 Å². The third-order valence-electron chi connectivity index (χ3n) is 1.75. The highest BCUT2D eigenvalue weighted by Gasteiger charge is 2.30. The van der Waals surface area contributed by atoms with Crippen LogP contribution in [0.1, 0.15) is 20.8 Å². The van der Waals surface area contributed by atoms with Gasteiger partial charge in [-0.3, -0.25) is 4.99 Å². The second-order valence-electron chi connectivity index (χ2n) is 3.21. The summed E-state index contributed by atoms with van der Waals surface area (Å²) in [5.41, 5.74) is 6.50. The van der Waals surface area contributed by atoms with Gasteiger partial charge in [-0.25, -0.2) is 0 Å². The van der Waals surface area contributed by atoms with Gasteiger partial charge in [0.05, 0.1) is 5.69 Å². The van der Waals surface area contributed by atoms with Gasteiger partial charge in [0.15, 0.2) is 0 Å². The van der Waals surface area contributed by atoms with Gasteiger partial charge in [0.1, 0.15) is 5.75 Å². The quantitative estimate of drug-likeness (QED) is 0.841. The molecule has 106 valence electrons. The van der Waals surface area contributed by atoms with Crippen LogP contribution in [0.4, 0.5) is 18.9 Å². The van der Waals surface area contributed by atoms with E-state index in [0.29, 0.717) is 5.69 Å². The average molecular weight is 274 g/mol. The summed E-state index contributed by atoms with van der Waals surface area (Å²) in [5.74, 6) is -0.275. The Morgan fingerprint density at radius 2 is 1.74 bits per heavy atom. The molecule has 0 spiro atoms. The molecule has 0 aromatic heterocycles. The molecule has 0 unspecified atom stereocenters. The standard InChI is InChI=1S/C11H11F3N2O.C2H6/c1-8(6-15)7-16-9-2-4-10(5-3-9)17-11(12,13)14;1-2/h2-7H,15H2,1H3;1-2H3/b8-6-,16-7?;. The summed E-state index contributed by atoms with van der Waals surface area (Å²) < 4.78 is 39.3. The number of rotatable bonds is 3. The molecule has 0 aliphatic carbocycles. The van der Waals surface area contributed by atoms with Crippen molar-refractivity contribution in [3.05, 3.63) is 36.0 Å². The van der Waals surface area contributed by atoms with Crippen molar-refractivity contribution in [1.29, 1.82) is 0 Å². The SMILES string of the molecule is C/C(C=Nc1ccc(OC(F)(F)F)cc1)=C/N.CC. The molecule has 0 heterocycles. The Bertz CT molecular complexity index is 423. The first-order valence-electron chi connectivity index (χ1n) is 5.69. The Labute approximate surface area is 110 Å². The van der Waals surface area contributed by atoms with E-state index in [9.17, 15) is 13.2 Å². The number of ether oxygens (including phenoxy) is 1. The summed E-state index contributed by atoms with van der Waals surface area (Å²) in [5, 5.41) is 0. The molecular formula is C13H17F3N2O. The lowest BCUT2D eigenvalue weighted by Crippen LogP contribution is -2.16. The Hall–Kier alpha value is -1.98. The first kappa shape index (κ1) is 17.0. The normalized spacial score (nSPS) is 12.0. The predicted octanol–water partition coefficient (Wildman–Crippen LogP) is 4.18. The van der Waals surface area contributed by atoms with E-state index in [1.165, 1.54) is 36.7 Å². The van der Waals surface area contributed by atoms with Crippen molar-refractivity contribution >= 4 is 11.9 Å². The van der Waals surface area contributed by atoms with Crippen molar-refractivity contribution in [2.45, 2.75) is 27.1 Å². The number of nitrogens with two attached hydrogens (primary N) is 1. The third kappa shape index (κ3) is 7.86. The predicted molar refractivity (Wildman–Crippen MR) is 70.6 cm³/mol. The number of halogens is 3. The molecule has 0 aliphatic rings. The fraction of sp³-hybridized carbons (Fsp3) is 0.308. The van der Waals surface area contributed by atoms with Crippen molar-refractivity contribution in [2.75, 3.05) is 0 Å². The van der Waals surface area contributed by atoms with Crippen LogP contribution in [0.2, 0.25) is 0 Å². The summed E-state index contributed by atoms with van der Waals surface area (Å²) in [6, 6.07) is 5.23. The van der Waals surface area contributed by atoms with Crippen molar-refractivity contribution in [3.63, 3.8) is 0 Å². The Balaban J connectivity index is 0.00000154. The smallest absolute Gasteiger partial charge is 0.406 e. The number of allylic oxidation sites excluding steroid dienone is 1. The van der Waals surface area contributed by atoms with Gasteiger partial charge in [0, 0.05) is 6.21 Å². The van der Waals surface area contributed by atoms with Crippen LogP contribution in [0.15, 0.2) is 41.0 Å². The van der Waals surface area contributed by atoms with E-state index >= 15 is 0 Å². The molecule has 0 saturated carbocycles. The van der Waals surface area contributed by atoms with Crippen LogP contribution in [-0.4, -0.2) is 12.6 Å². The zero-order chi connectivity index (χ0) is 14.9. The van der Waals surface area contributed by atoms with Crippen molar-refractivity contribution in [2.24, 2.45) is 10.7 Å². The maximum absolute atomic E-state index is 11.9. The lowest BCUT2D eigenvalue weighted by Gasteiger charge is -2.08.